The van der Waals surface area contributed by atoms with Gasteiger partial charge in [-0.05, 0) is 38.5 Å². The van der Waals surface area contributed by atoms with Crippen LogP contribution in [-0.4, -0.2) is 74.9 Å². The number of piperidine rings is 1. The van der Waals surface area contributed by atoms with Crippen molar-refractivity contribution in [3.63, 3.8) is 0 Å². The van der Waals surface area contributed by atoms with Gasteiger partial charge in [0, 0.05) is 13.1 Å². The summed E-state index contributed by atoms with van der Waals surface area (Å²) in [5.74, 6) is -2.28. The lowest BCUT2D eigenvalue weighted by Crippen LogP contribution is -2.51. The molecule has 26 heavy (non-hydrogen) atoms. The van der Waals surface area contributed by atoms with Crippen molar-refractivity contribution in [1.29, 1.82) is 0 Å². The molecule has 0 aromatic carbocycles. The monoisotopic (exact) mass is 420 g/mol. The van der Waals surface area contributed by atoms with Gasteiger partial charge in [-0.25, -0.2) is 0 Å². The maximum absolute atomic E-state index is 11.5. The van der Waals surface area contributed by atoms with Gasteiger partial charge in [-0.1, -0.05) is 12.8 Å². The minimum Gasteiger partial charge on any atom is -0.481 e. The minimum absolute atomic E-state index is 0. The molecule has 0 spiro atoms. The van der Waals surface area contributed by atoms with E-state index in [1.807, 2.05) is 4.90 Å². The molecule has 0 amide bonds. The Morgan fingerprint density at radius 3 is 2.27 bits per heavy atom. The Kier molecular flexibility index (Phi) is 16.7. The number of hydrogen-bond donors (Lipinski definition) is 5. The largest absolute Gasteiger partial charge is 0.481 e. The van der Waals surface area contributed by atoms with Gasteiger partial charge in [-0.3, -0.25) is 9.59 Å². The first-order chi connectivity index (χ1) is 10.7. The van der Waals surface area contributed by atoms with Crippen molar-refractivity contribution in [3.8, 4) is 0 Å². The highest BCUT2D eigenvalue weighted by Gasteiger charge is 2.34. The number of likely N-dealkylation sites (tertiary alicyclic amines) is 1. The molecule has 1 unspecified atom stereocenters. The molecule has 1 heterocycles. The van der Waals surface area contributed by atoms with Gasteiger partial charge in [-0.15, -0.1) is 24.8 Å². The minimum atomic E-state index is -1.38. The van der Waals surface area contributed by atoms with E-state index in [1.54, 1.807) is 0 Å². The van der Waals surface area contributed by atoms with Crippen LogP contribution in [0.4, 0.5) is 0 Å². The standard InChI is InChI=1S/C14H27BN2O6.2ClH.H2O/c16-14(13(20)21,5-1-2-7-15(22)23)6-9-17-8-3-4-11(10-17)12(18)19;;;/h11,22-23H,1-10,16H2,(H,18,19)(H,20,21);2*1H;1H2/t11?,14-;;;/m1.../s1. The number of hydrogen-bond acceptors (Lipinski definition) is 6. The highest BCUT2D eigenvalue weighted by molar-refractivity contribution is 6.40. The second kappa shape index (κ2) is 14.4. The van der Waals surface area contributed by atoms with Gasteiger partial charge in [0.25, 0.3) is 0 Å². The van der Waals surface area contributed by atoms with E-state index in [0.717, 1.165) is 13.0 Å². The van der Waals surface area contributed by atoms with Crippen LogP contribution in [0.25, 0.3) is 0 Å². The molecule has 8 N–H and O–H groups in total. The van der Waals surface area contributed by atoms with Crippen LogP contribution < -0.4 is 5.73 Å². The average molecular weight is 421 g/mol. The van der Waals surface area contributed by atoms with E-state index in [-0.39, 0.29) is 49.5 Å². The molecule has 12 heteroatoms. The first-order valence-corrected chi connectivity index (χ1v) is 8.08. The lowest BCUT2D eigenvalue weighted by molar-refractivity contribution is -0.146. The molecule has 0 bridgehead atoms. The van der Waals surface area contributed by atoms with Gasteiger partial charge in [0.15, 0.2) is 0 Å². The number of unbranched alkanes of at least 4 members (excludes halogenated alkanes) is 1. The number of carbonyl (C=O) groups is 2. The number of nitrogens with zero attached hydrogens (tertiary/aromatic N) is 1. The smallest absolute Gasteiger partial charge is 0.451 e. The van der Waals surface area contributed by atoms with Crippen molar-refractivity contribution in [2.75, 3.05) is 19.6 Å². The van der Waals surface area contributed by atoms with Crippen molar-refractivity contribution >= 4 is 43.9 Å². The van der Waals surface area contributed by atoms with Crippen LogP contribution in [0.2, 0.25) is 6.32 Å². The fourth-order valence-electron chi connectivity index (χ4n) is 2.92. The number of carboxylic acids is 2. The molecular formula is C14H31BCl2N2O7. The summed E-state index contributed by atoms with van der Waals surface area (Å²) in [7, 11) is -1.38. The molecular weight excluding hydrogens is 390 g/mol. The lowest BCUT2D eigenvalue weighted by Gasteiger charge is -2.33. The maximum Gasteiger partial charge on any atom is 0.451 e. The van der Waals surface area contributed by atoms with E-state index in [0.29, 0.717) is 32.4 Å². The lowest BCUT2D eigenvalue weighted by atomic mass is 9.81. The molecule has 156 valence electrons. The van der Waals surface area contributed by atoms with Gasteiger partial charge >= 0.3 is 19.1 Å². The molecule has 1 fully saturated rings. The van der Waals surface area contributed by atoms with E-state index in [2.05, 4.69) is 0 Å². The van der Waals surface area contributed by atoms with Gasteiger partial charge in [0.2, 0.25) is 0 Å². The first kappa shape index (κ1) is 30.1. The summed E-state index contributed by atoms with van der Waals surface area (Å²) in [6, 6.07) is 0. The third kappa shape index (κ3) is 10.5. The Morgan fingerprint density at radius 1 is 1.15 bits per heavy atom. The number of halogens is 2. The number of aliphatic carboxylic acids is 2. The number of nitrogens with two attached hydrogens (primary N) is 1. The second-order valence-electron chi connectivity index (χ2n) is 6.42. The Labute approximate surface area is 166 Å². The van der Waals surface area contributed by atoms with Gasteiger partial charge in [0.1, 0.15) is 5.54 Å². The summed E-state index contributed by atoms with van der Waals surface area (Å²) in [6.45, 7) is 1.65. The molecule has 1 aliphatic rings. The highest BCUT2D eigenvalue weighted by Crippen LogP contribution is 2.21. The van der Waals surface area contributed by atoms with Crippen LogP contribution in [0, 0.1) is 5.92 Å². The topological polar surface area (TPSA) is 176 Å². The Hall–Kier alpha value is -0.615. The van der Waals surface area contributed by atoms with E-state index in [1.165, 1.54) is 0 Å². The van der Waals surface area contributed by atoms with Crippen molar-refractivity contribution in [2.24, 2.45) is 11.7 Å². The summed E-state index contributed by atoms with van der Waals surface area (Å²) in [6.07, 6.45) is 3.13. The Morgan fingerprint density at radius 2 is 1.77 bits per heavy atom. The molecule has 0 radical (unpaired) electrons. The van der Waals surface area contributed by atoms with E-state index in [4.69, 9.17) is 20.9 Å². The van der Waals surface area contributed by atoms with Gasteiger partial charge < -0.3 is 36.4 Å². The molecule has 0 aromatic rings. The SMILES string of the molecule is Cl.Cl.N[C@](CCCCB(O)O)(CCN1CCCC(C(=O)O)C1)C(=O)O.O. The van der Waals surface area contributed by atoms with E-state index >= 15 is 0 Å². The van der Waals surface area contributed by atoms with E-state index in [9.17, 15) is 14.7 Å². The zero-order chi connectivity index (χ0) is 17.5. The number of rotatable bonds is 10. The number of carboxylic acid groups (broad SMARTS) is 2. The molecule has 0 aromatic heterocycles. The molecule has 0 saturated carbocycles. The molecule has 1 saturated heterocycles. The fraction of sp³-hybridized carbons (Fsp3) is 0.857. The van der Waals surface area contributed by atoms with Crippen molar-refractivity contribution in [1.82, 2.24) is 4.90 Å². The zero-order valence-corrected chi connectivity index (χ0v) is 16.3. The third-order valence-corrected chi connectivity index (χ3v) is 4.49. The Balaban J connectivity index is -0.00000176. The molecule has 2 atom stereocenters. The van der Waals surface area contributed by atoms with Crippen LogP contribution in [-0.2, 0) is 9.59 Å². The first-order valence-electron chi connectivity index (χ1n) is 8.08. The second-order valence-corrected chi connectivity index (χ2v) is 6.42. The van der Waals surface area contributed by atoms with E-state index < -0.39 is 30.5 Å². The quantitative estimate of drug-likeness (QED) is 0.234. The molecule has 0 aliphatic carbocycles. The highest BCUT2D eigenvalue weighted by atomic mass is 35.5. The van der Waals surface area contributed by atoms with Crippen LogP contribution >= 0.6 is 24.8 Å². The van der Waals surface area contributed by atoms with Crippen molar-refractivity contribution < 1.29 is 35.3 Å². The summed E-state index contributed by atoms with van der Waals surface area (Å²) in [5.41, 5.74) is 4.64. The predicted octanol–water partition coefficient (Wildman–Crippen LogP) is -0.383. The summed E-state index contributed by atoms with van der Waals surface area (Å²) >= 11 is 0. The van der Waals surface area contributed by atoms with Crippen LogP contribution in [0.5, 0.6) is 0 Å². The maximum atomic E-state index is 11.5. The van der Waals surface area contributed by atoms with Gasteiger partial charge in [0.05, 0.1) is 5.92 Å². The predicted molar refractivity (Wildman–Crippen MR) is 103 cm³/mol. The van der Waals surface area contributed by atoms with Crippen LogP contribution in [0.15, 0.2) is 0 Å². The summed E-state index contributed by atoms with van der Waals surface area (Å²) < 4.78 is 0. The van der Waals surface area contributed by atoms with Crippen LogP contribution in [0.1, 0.15) is 38.5 Å². The fourth-order valence-corrected chi connectivity index (χ4v) is 2.92. The zero-order valence-electron chi connectivity index (χ0n) is 14.7. The van der Waals surface area contributed by atoms with Crippen molar-refractivity contribution in [2.45, 2.75) is 50.4 Å². The van der Waals surface area contributed by atoms with Crippen molar-refractivity contribution in [3.05, 3.63) is 0 Å². The third-order valence-electron chi connectivity index (χ3n) is 4.49. The normalized spacial score (nSPS) is 19.1. The summed E-state index contributed by atoms with van der Waals surface area (Å²) in [5, 5.41) is 36.0. The Bertz CT molecular complexity index is 421. The average Bonchev–Trinajstić information content (AvgIpc) is 2.49. The van der Waals surface area contributed by atoms with Crippen LogP contribution in [0.3, 0.4) is 0 Å². The molecule has 9 nitrogen and oxygen atoms in total. The molecule has 1 rings (SSSR count). The summed E-state index contributed by atoms with van der Waals surface area (Å²) in [4.78, 5) is 24.5. The molecule has 1 aliphatic heterocycles. The van der Waals surface area contributed by atoms with Gasteiger partial charge in [-0.2, -0.15) is 0 Å².